The Bertz CT molecular complexity index is 969. The van der Waals surface area contributed by atoms with Gasteiger partial charge in [-0.15, -0.1) is 0 Å². The van der Waals surface area contributed by atoms with Gasteiger partial charge in [-0.2, -0.15) is 0 Å². The van der Waals surface area contributed by atoms with E-state index in [-0.39, 0.29) is 6.61 Å². The maximum atomic E-state index is 11.7. The van der Waals surface area contributed by atoms with Gasteiger partial charge in [0.15, 0.2) is 18.4 Å². The highest BCUT2D eigenvalue weighted by molar-refractivity contribution is 7.71. The summed E-state index contributed by atoms with van der Waals surface area (Å²) < 4.78 is 23.8. The van der Waals surface area contributed by atoms with E-state index in [2.05, 4.69) is 9.97 Å². The molecule has 1 fully saturated rings. The first-order valence-electron chi connectivity index (χ1n) is 8.45. The predicted molar refractivity (Wildman–Crippen MR) is 96.6 cm³/mol. The molecular weight excluding hydrogens is 390 g/mol. The van der Waals surface area contributed by atoms with E-state index in [1.54, 1.807) is 16.8 Å². The normalized spacial score (nSPS) is 24.1. The van der Waals surface area contributed by atoms with Crippen LogP contribution < -0.4 is 0 Å². The number of rotatable bonds is 5. The number of nitrogens with zero attached hydrogens (tertiary/aromatic N) is 2. The number of esters is 3. The van der Waals surface area contributed by atoms with Crippen LogP contribution in [-0.2, 0) is 33.3 Å². The van der Waals surface area contributed by atoms with E-state index in [1.165, 1.54) is 27.1 Å². The summed E-state index contributed by atoms with van der Waals surface area (Å²) in [5, 5.41) is 0.676. The molecule has 2 aromatic heterocycles. The van der Waals surface area contributed by atoms with E-state index in [4.69, 9.17) is 31.2 Å². The average molecular weight is 409 g/mol. The van der Waals surface area contributed by atoms with Crippen molar-refractivity contribution in [2.24, 2.45) is 0 Å². The summed E-state index contributed by atoms with van der Waals surface area (Å²) >= 11 is 5.22. The molecule has 28 heavy (non-hydrogen) atoms. The quantitative estimate of drug-likeness (QED) is 0.444. The lowest BCUT2D eigenvalue weighted by atomic mass is 10.1. The molecule has 11 heteroatoms. The van der Waals surface area contributed by atoms with Gasteiger partial charge in [-0.3, -0.25) is 14.4 Å². The van der Waals surface area contributed by atoms with Gasteiger partial charge in [0.05, 0.1) is 11.7 Å². The second-order valence-corrected chi connectivity index (χ2v) is 6.60. The molecule has 3 heterocycles. The first-order valence-corrected chi connectivity index (χ1v) is 8.86. The Morgan fingerprint density at radius 3 is 2.50 bits per heavy atom. The van der Waals surface area contributed by atoms with E-state index in [9.17, 15) is 14.4 Å². The third kappa shape index (κ3) is 4.04. The molecule has 1 N–H and O–H groups in total. The Morgan fingerprint density at radius 2 is 1.86 bits per heavy atom. The molecule has 1 aliphatic rings. The number of fused-ring (bicyclic) bond motifs is 1. The SMILES string of the molecule is CC(=O)OC[C@H]1O[C@@H](n2ccc3c(=S)nc[nH]c32)[C@H](OC(C)=O)[C@@H]1OC(C)=O. The number of nitrogens with one attached hydrogen (secondary N) is 1. The van der Waals surface area contributed by atoms with E-state index in [0.29, 0.717) is 15.7 Å². The summed E-state index contributed by atoms with van der Waals surface area (Å²) in [7, 11) is 0. The third-order valence-electron chi connectivity index (χ3n) is 4.14. The summed E-state index contributed by atoms with van der Waals surface area (Å²) in [4.78, 5) is 41.5. The van der Waals surface area contributed by atoms with Crippen molar-refractivity contribution in [2.45, 2.75) is 45.3 Å². The van der Waals surface area contributed by atoms with E-state index >= 15 is 0 Å². The van der Waals surface area contributed by atoms with Gasteiger partial charge in [0.25, 0.3) is 0 Å². The van der Waals surface area contributed by atoms with Crippen LogP contribution in [-0.4, -0.2) is 57.4 Å². The van der Waals surface area contributed by atoms with Crippen molar-refractivity contribution in [1.29, 1.82) is 0 Å². The van der Waals surface area contributed by atoms with Crippen molar-refractivity contribution in [1.82, 2.24) is 14.5 Å². The molecule has 0 saturated carbocycles. The number of carbonyl (C=O) groups excluding carboxylic acids is 3. The molecule has 3 rings (SSSR count). The van der Waals surface area contributed by atoms with Crippen LogP contribution in [0.3, 0.4) is 0 Å². The van der Waals surface area contributed by atoms with Crippen LogP contribution in [0.25, 0.3) is 11.0 Å². The largest absolute Gasteiger partial charge is 0.463 e. The zero-order valence-corrected chi connectivity index (χ0v) is 16.2. The first-order chi connectivity index (χ1) is 13.3. The van der Waals surface area contributed by atoms with Crippen LogP contribution in [0.1, 0.15) is 27.0 Å². The minimum absolute atomic E-state index is 0.168. The minimum atomic E-state index is -0.965. The fourth-order valence-electron chi connectivity index (χ4n) is 3.12. The van der Waals surface area contributed by atoms with E-state index in [0.717, 1.165) is 0 Å². The van der Waals surface area contributed by atoms with Gasteiger partial charge in [-0.05, 0) is 6.07 Å². The zero-order valence-electron chi connectivity index (χ0n) is 15.4. The minimum Gasteiger partial charge on any atom is -0.463 e. The van der Waals surface area contributed by atoms with Crippen molar-refractivity contribution in [3.63, 3.8) is 0 Å². The number of H-pyrrole nitrogens is 1. The maximum absolute atomic E-state index is 11.7. The van der Waals surface area contributed by atoms with Crippen LogP contribution in [0.15, 0.2) is 18.6 Å². The second-order valence-electron chi connectivity index (χ2n) is 6.21. The van der Waals surface area contributed by atoms with Crippen molar-refractivity contribution in [3.05, 3.63) is 23.2 Å². The van der Waals surface area contributed by atoms with Crippen molar-refractivity contribution < 1.29 is 33.3 Å². The molecule has 10 nitrogen and oxygen atoms in total. The highest BCUT2D eigenvalue weighted by Gasteiger charge is 2.50. The van der Waals surface area contributed by atoms with Gasteiger partial charge >= 0.3 is 17.9 Å². The predicted octanol–water partition coefficient (Wildman–Crippen LogP) is 1.42. The van der Waals surface area contributed by atoms with Gasteiger partial charge in [0.2, 0.25) is 0 Å². The molecule has 0 amide bonds. The molecule has 0 radical (unpaired) electrons. The Kier molecular flexibility index (Phi) is 5.75. The van der Waals surface area contributed by atoms with Gasteiger partial charge in [-0.25, -0.2) is 4.98 Å². The Hall–Kier alpha value is -2.79. The van der Waals surface area contributed by atoms with Crippen molar-refractivity contribution >= 4 is 41.2 Å². The lowest BCUT2D eigenvalue weighted by Gasteiger charge is -2.24. The van der Waals surface area contributed by atoms with Crippen LogP contribution in [0.5, 0.6) is 0 Å². The molecule has 0 aliphatic carbocycles. The first kappa shape index (κ1) is 20.0. The van der Waals surface area contributed by atoms with Gasteiger partial charge < -0.3 is 28.5 Å². The summed E-state index contributed by atoms with van der Waals surface area (Å²) in [6.07, 6.45) is -0.472. The molecule has 0 aromatic carbocycles. The summed E-state index contributed by atoms with van der Waals surface area (Å²) in [6, 6.07) is 1.75. The summed E-state index contributed by atoms with van der Waals surface area (Å²) in [5.41, 5.74) is 0.594. The lowest BCUT2D eigenvalue weighted by Crippen LogP contribution is -2.40. The number of hydrogen-bond acceptors (Lipinski definition) is 9. The zero-order chi connectivity index (χ0) is 20.4. The fourth-order valence-corrected chi connectivity index (χ4v) is 3.34. The Morgan fingerprint density at radius 1 is 1.18 bits per heavy atom. The van der Waals surface area contributed by atoms with Crippen LogP contribution >= 0.6 is 12.2 Å². The maximum Gasteiger partial charge on any atom is 0.303 e. The smallest absolute Gasteiger partial charge is 0.303 e. The monoisotopic (exact) mass is 409 g/mol. The molecule has 0 unspecified atom stereocenters. The van der Waals surface area contributed by atoms with Gasteiger partial charge in [0.1, 0.15) is 23.0 Å². The van der Waals surface area contributed by atoms with E-state index in [1.807, 2.05) is 0 Å². The molecule has 0 spiro atoms. The van der Waals surface area contributed by atoms with Crippen molar-refractivity contribution in [2.75, 3.05) is 6.61 Å². The standard InChI is InChI=1S/C17H19N3O7S/c1-8(21)24-6-12-13(25-9(2)22)14(26-10(3)23)17(27-12)20-5-4-11-15(20)18-7-19-16(11)28/h4-5,7,12-14,17H,6H2,1-3H3,(H,18,19,28)/t12-,13-,14-,17-/m1/s1. The molecule has 0 bridgehead atoms. The van der Waals surface area contributed by atoms with E-state index < -0.39 is 42.4 Å². The second kappa shape index (κ2) is 8.07. The number of carbonyl (C=O) groups is 3. The van der Waals surface area contributed by atoms with Crippen molar-refractivity contribution in [3.8, 4) is 0 Å². The number of hydrogen-bond donors (Lipinski definition) is 1. The molecule has 2 aromatic rings. The van der Waals surface area contributed by atoms with Crippen LogP contribution in [0, 0.1) is 4.64 Å². The Labute approximate surface area is 164 Å². The van der Waals surface area contributed by atoms with Crippen LogP contribution in [0.4, 0.5) is 0 Å². The molecular formula is C17H19N3O7S. The van der Waals surface area contributed by atoms with Crippen LogP contribution in [0.2, 0.25) is 0 Å². The number of aromatic amines is 1. The summed E-state index contributed by atoms with van der Waals surface area (Å²) in [5.74, 6) is -1.67. The molecule has 1 aliphatic heterocycles. The Balaban J connectivity index is 2.02. The highest BCUT2D eigenvalue weighted by Crippen LogP contribution is 2.36. The molecule has 150 valence electrons. The molecule has 4 atom stereocenters. The van der Waals surface area contributed by atoms with Gasteiger partial charge in [0, 0.05) is 27.0 Å². The highest BCUT2D eigenvalue weighted by atomic mass is 32.1. The topological polar surface area (TPSA) is 122 Å². The number of ether oxygens (including phenoxy) is 4. The third-order valence-corrected chi connectivity index (χ3v) is 4.47. The average Bonchev–Trinajstić information content (AvgIpc) is 3.16. The summed E-state index contributed by atoms with van der Waals surface area (Å²) in [6.45, 7) is 3.56. The van der Waals surface area contributed by atoms with Gasteiger partial charge in [-0.1, -0.05) is 12.2 Å². The number of aromatic nitrogens is 3. The fraction of sp³-hybridized carbons (Fsp3) is 0.471. The molecule has 1 saturated heterocycles. The lowest BCUT2D eigenvalue weighted by molar-refractivity contribution is -0.166.